The normalized spacial score (nSPS) is 10.7. The van der Waals surface area contributed by atoms with Crippen LogP contribution in [0.25, 0.3) is 16.9 Å². The maximum absolute atomic E-state index is 11.2. The van der Waals surface area contributed by atoms with E-state index in [4.69, 9.17) is 4.74 Å². The van der Waals surface area contributed by atoms with Crippen molar-refractivity contribution in [1.29, 1.82) is 0 Å². The van der Waals surface area contributed by atoms with E-state index in [1.165, 1.54) is 13.3 Å². The minimum atomic E-state index is -0.636. The fourth-order valence-electron chi connectivity index (χ4n) is 2.37. The first-order valence-electron chi connectivity index (χ1n) is 7.88. The van der Waals surface area contributed by atoms with E-state index in [0.29, 0.717) is 0 Å². The Balaban J connectivity index is 1.99. The molecule has 1 N–H and O–H groups in total. The summed E-state index contributed by atoms with van der Waals surface area (Å²) in [6.45, 7) is 0. The lowest BCUT2D eigenvalue weighted by molar-refractivity contribution is 0.171. The van der Waals surface area contributed by atoms with Crippen LogP contribution in [-0.4, -0.2) is 36.3 Å². The van der Waals surface area contributed by atoms with Gasteiger partial charge in [0, 0.05) is 17.3 Å². The molecule has 1 amide bonds. The van der Waals surface area contributed by atoms with Gasteiger partial charge in [0.2, 0.25) is 0 Å². The first kappa shape index (κ1) is 17.2. The van der Waals surface area contributed by atoms with Crippen LogP contribution in [0.2, 0.25) is 0 Å². The number of hydrogen-bond acceptors (Lipinski definition) is 5. The SMILES string of the molecule is COC(=O)N/N=C\c1cn(-c2ccccc2)nc1-c1ccc(OC)cc1. The molecule has 1 heterocycles. The second-order valence-electron chi connectivity index (χ2n) is 5.30. The lowest BCUT2D eigenvalue weighted by Crippen LogP contribution is -2.16. The maximum atomic E-state index is 11.2. The number of para-hydroxylation sites is 1. The number of ether oxygens (including phenoxy) is 2. The number of hydrogen-bond donors (Lipinski definition) is 1. The molecule has 0 aliphatic heterocycles. The van der Waals surface area contributed by atoms with Crippen LogP contribution in [0.1, 0.15) is 5.56 Å². The van der Waals surface area contributed by atoms with Crippen LogP contribution < -0.4 is 10.2 Å². The number of methoxy groups -OCH3 is 2. The molecular formula is C19H18N4O3. The molecule has 0 saturated carbocycles. The Kier molecular flexibility index (Phi) is 5.28. The lowest BCUT2D eigenvalue weighted by atomic mass is 10.1. The van der Waals surface area contributed by atoms with E-state index in [9.17, 15) is 4.79 Å². The number of aromatic nitrogens is 2. The number of rotatable bonds is 5. The predicted octanol–water partition coefficient (Wildman–Crippen LogP) is 3.24. The molecule has 0 bridgehead atoms. The Bertz CT molecular complexity index is 902. The van der Waals surface area contributed by atoms with Gasteiger partial charge in [0.05, 0.1) is 26.1 Å². The predicted molar refractivity (Wildman–Crippen MR) is 98.7 cm³/mol. The third-order valence-electron chi connectivity index (χ3n) is 3.67. The molecule has 3 rings (SSSR count). The minimum Gasteiger partial charge on any atom is -0.497 e. The summed E-state index contributed by atoms with van der Waals surface area (Å²) >= 11 is 0. The zero-order valence-electron chi connectivity index (χ0n) is 14.4. The first-order valence-corrected chi connectivity index (χ1v) is 7.88. The van der Waals surface area contributed by atoms with Gasteiger partial charge in [0.15, 0.2) is 0 Å². The Morgan fingerprint density at radius 1 is 1.12 bits per heavy atom. The Morgan fingerprint density at radius 3 is 2.50 bits per heavy atom. The fraction of sp³-hybridized carbons (Fsp3) is 0.105. The van der Waals surface area contributed by atoms with Gasteiger partial charge in [-0.3, -0.25) is 0 Å². The maximum Gasteiger partial charge on any atom is 0.427 e. The number of nitrogens with zero attached hydrogens (tertiary/aromatic N) is 3. The van der Waals surface area contributed by atoms with Gasteiger partial charge >= 0.3 is 6.09 Å². The second-order valence-corrected chi connectivity index (χ2v) is 5.30. The van der Waals surface area contributed by atoms with E-state index >= 15 is 0 Å². The van der Waals surface area contributed by atoms with Crippen LogP contribution in [0.15, 0.2) is 65.9 Å². The number of hydrazone groups is 1. The Hall–Kier alpha value is -3.61. The lowest BCUT2D eigenvalue weighted by Gasteiger charge is -2.02. The number of carbonyl (C=O) groups is 1. The topological polar surface area (TPSA) is 77.7 Å². The highest BCUT2D eigenvalue weighted by Gasteiger charge is 2.11. The van der Waals surface area contributed by atoms with Gasteiger partial charge in [0.1, 0.15) is 11.4 Å². The van der Waals surface area contributed by atoms with Gasteiger partial charge in [-0.15, -0.1) is 0 Å². The van der Waals surface area contributed by atoms with Crippen molar-refractivity contribution in [3.05, 3.63) is 66.4 Å². The molecule has 0 aliphatic carbocycles. The second kappa shape index (κ2) is 7.98. The van der Waals surface area contributed by atoms with Crippen LogP contribution in [-0.2, 0) is 4.74 Å². The number of carbonyl (C=O) groups excluding carboxylic acids is 1. The van der Waals surface area contributed by atoms with Gasteiger partial charge in [-0.25, -0.2) is 14.9 Å². The highest BCUT2D eigenvalue weighted by Crippen LogP contribution is 2.24. The average Bonchev–Trinajstić information content (AvgIpc) is 3.12. The smallest absolute Gasteiger partial charge is 0.427 e. The van der Waals surface area contributed by atoms with E-state index < -0.39 is 6.09 Å². The minimum absolute atomic E-state index is 0.636. The van der Waals surface area contributed by atoms with Crippen molar-refractivity contribution in [3.63, 3.8) is 0 Å². The van der Waals surface area contributed by atoms with Gasteiger partial charge in [-0.2, -0.15) is 10.2 Å². The van der Waals surface area contributed by atoms with E-state index in [1.54, 1.807) is 11.8 Å². The quantitative estimate of drug-likeness (QED) is 0.566. The van der Waals surface area contributed by atoms with Gasteiger partial charge in [-0.05, 0) is 36.4 Å². The van der Waals surface area contributed by atoms with Crippen molar-refractivity contribution in [2.45, 2.75) is 0 Å². The third kappa shape index (κ3) is 3.89. The summed E-state index contributed by atoms with van der Waals surface area (Å²) in [5, 5.41) is 8.58. The molecule has 0 saturated heterocycles. The molecule has 26 heavy (non-hydrogen) atoms. The van der Waals surface area contributed by atoms with Crippen LogP contribution in [0, 0.1) is 0 Å². The summed E-state index contributed by atoms with van der Waals surface area (Å²) in [4.78, 5) is 11.2. The summed E-state index contributed by atoms with van der Waals surface area (Å²) in [5.74, 6) is 0.763. The zero-order chi connectivity index (χ0) is 18.4. The molecule has 1 aromatic heterocycles. The van der Waals surface area contributed by atoms with Gasteiger partial charge < -0.3 is 9.47 Å². The van der Waals surface area contributed by atoms with E-state index in [1.807, 2.05) is 60.8 Å². The van der Waals surface area contributed by atoms with E-state index in [-0.39, 0.29) is 0 Å². The molecule has 2 aromatic carbocycles. The fourth-order valence-corrected chi connectivity index (χ4v) is 2.37. The van der Waals surface area contributed by atoms with Crippen molar-refractivity contribution in [3.8, 4) is 22.7 Å². The average molecular weight is 350 g/mol. The van der Waals surface area contributed by atoms with Gasteiger partial charge in [0.25, 0.3) is 0 Å². The standard InChI is InChI=1S/C19H18N4O3/c1-25-17-10-8-14(9-11-17)18-15(12-20-21-19(24)26-2)13-23(22-18)16-6-4-3-5-7-16/h3-13H,1-2H3,(H,21,24)/b20-12-. The molecular weight excluding hydrogens is 332 g/mol. The molecule has 0 fully saturated rings. The van der Waals surface area contributed by atoms with Crippen molar-refractivity contribution in [2.75, 3.05) is 14.2 Å². The molecule has 7 nitrogen and oxygen atoms in total. The molecule has 7 heteroatoms. The number of nitrogens with one attached hydrogen (secondary N) is 1. The number of amides is 1. The molecule has 0 aliphatic rings. The molecule has 0 atom stereocenters. The first-order chi connectivity index (χ1) is 12.7. The summed E-state index contributed by atoms with van der Waals surface area (Å²) in [7, 11) is 2.90. The summed E-state index contributed by atoms with van der Waals surface area (Å²) in [5.41, 5.74) is 5.57. The highest BCUT2D eigenvalue weighted by molar-refractivity contribution is 5.89. The van der Waals surface area contributed by atoms with Crippen LogP contribution in [0.3, 0.4) is 0 Å². The zero-order valence-corrected chi connectivity index (χ0v) is 14.4. The Morgan fingerprint density at radius 2 is 1.85 bits per heavy atom. The van der Waals surface area contributed by atoms with Crippen LogP contribution in [0.4, 0.5) is 4.79 Å². The van der Waals surface area contributed by atoms with Crippen LogP contribution in [0.5, 0.6) is 5.75 Å². The monoisotopic (exact) mass is 350 g/mol. The van der Waals surface area contributed by atoms with E-state index in [0.717, 1.165) is 28.3 Å². The van der Waals surface area contributed by atoms with E-state index in [2.05, 4.69) is 20.4 Å². The summed E-state index contributed by atoms with van der Waals surface area (Å²) < 4.78 is 11.5. The molecule has 132 valence electrons. The molecule has 0 unspecified atom stereocenters. The van der Waals surface area contributed by atoms with Crippen molar-refractivity contribution in [2.24, 2.45) is 5.10 Å². The molecule has 0 radical (unpaired) electrons. The van der Waals surface area contributed by atoms with Crippen LogP contribution >= 0.6 is 0 Å². The van der Waals surface area contributed by atoms with Crippen molar-refractivity contribution in [1.82, 2.24) is 15.2 Å². The summed E-state index contributed by atoms with van der Waals surface area (Å²) in [6, 6.07) is 17.3. The van der Waals surface area contributed by atoms with Crippen molar-refractivity contribution < 1.29 is 14.3 Å². The molecule has 0 spiro atoms. The largest absolute Gasteiger partial charge is 0.497 e. The molecule has 3 aromatic rings. The Labute approximate surface area is 150 Å². The highest BCUT2D eigenvalue weighted by atomic mass is 16.5. The summed E-state index contributed by atoms with van der Waals surface area (Å²) in [6.07, 6.45) is 2.74. The van der Waals surface area contributed by atoms with Crippen molar-refractivity contribution >= 4 is 12.3 Å². The van der Waals surface area contributed by atoms with Gasteiger partial charge in [-0.1, -0.05) is 18.2 Å². The number of benzene rings is 2. The third-order valence-corrected chi connectivity index (χ3v) is 3.67.